The average molecular weight is 210 g/mol. The van der Waals surface area contributed by atoms with E-state index in [1.54, 1.807) is 19.2 Å². The van der Waals surface area contributed by atoms with Crippen LogP contribution in [-0.2, 0) is 0 Å². The van der Waals surface area contributed by atoms with Gasteiger partial charge in [-0.25, -0.2) is 0 Å². The summed E-state index contributed by atoms with van der Waals surface area (Å²) >= 11 is 0. The van der Waals surface area contributed by atoms with Crippen molar-refractivity contribution in [1.82, 2.24) is 0 Å². The summed E-state index contributed by atoms with van der Waals surface area (Å²) in [6.07, 6.45) is -0.0104. The maximum atomic E-state index is 9.78. The third-order valence-electron chi connectivity index (χ3n) is 2.47. The lowest BCUT2D eigenvalue weighted by atomic mass is 10.0. The van der Waals surface area contributed by atoms with E-state index in [0.29, 0.717) is 12.8 Å². The number of aliphatic hydroxyl groups is 2. The number of aliphatic hydroxyl groups excluding tert-OH is 2. The monoisotopic (exact) mass is 210 g/mol. The van der Waals surface area contributed by atoms with Crippen LogP contribution in [0.15, 0.2) is 24.3 Å². The lowest BCUT2D eigenvalue weighted by molar-refractivity contribution is 0.0784. The Morgan fingerprint density at radius 1 is 1.20 bits per heavy atom. The third-order valence-corrected chi connectivity index (χ3v) is 2.47. The standard InChI is InChI=1S/C12H18O3/c1-3-10(13)8-12(14)9-4-6-11(15-2)7-5-9/h4-7,10,12-14H,3,8H2,1-2H3. The Morgan fingerprint density at radius 3 is 2.27 bits per heavy atom. The minimum atomic E-state index is -0.606. The van der Waals surface area contributed by atoms with Crippen molar-refractivity contribution in [2.75, 3.05) is 7.11 Å². The summed E-state index contributed by atoms with van der Waals surface area (Å²) in [5, 5.41) is 19.2. The smallest absolute Gasteiger partial charge is 0.118 e. The minimum Gasteiger partial charge on any atom is -0.497 e. The molecule has 2 unspecified atom stereocenters. The van der Waals surface area contributed by atoms with Crippen LogP contribution in [0.1, 0.15) is 31.4 Å². The molecule has 0 heterocycles. The molecule has 0 fully saturated rings. The first kappa shape index (κ1) is 12.0. The molecule has 2 N–H and O–H groups in total. The van der Waals surface area contributed by atoms with Gasteiger partial charge < -0.3 is 14.9 Å². The maximum absolute atomic E-state index is 9.78. The van der Waals surface area contributed by atoms with E-state index in [1.807, 2.05) is 19.1 Å². The van der Waals surface area contributed by atoms with Crippen LogP contribution in [0.2, 0.25) is 0 Å². The molecule has 0 saturated carbocycles. The Morgan fingerprint density at radius 2 is 1.80 bits per heavy atom. The normalized spacial score (nSPS) is 14.7. The van der Waals surface area contributed by atoms with Crippen molar-refractivity contribution in [2.24, 2.45) is 0 Å². The summed E-state index contributed by atoms with van der Waals surface area (Å²) in [6.45, 7) is 1.89. The number of hydrogen-bond acceptors (Lipinski definition) is 3. The zero-order valence-electron chi connectivity index (χ0n) is 9.18. The highest BCUT2D eigenvalue weighted by Gasteiger charge is 2.12. The van der Waals surface area contributed by atoms with E-state index in [0.717, 1.165) is 11.3 Å². The van der Waals surface area contributed by atoms with Gasteiger partial charge in [-0.05, 0) is 24.1 Å². The van der Waals surface area contributed by atoms with Crippen LogP contribution >= 0.6 is 0 Å². The van der Waals surface area contributed by atoms with Crippen molar-refractivity contribution >= 4 is 0 Å². The molecule has 0 aliphatic rings. The van der Waals surface area contributed by atoms with Crippen LogP contribution in [0.5, 0.6) is 5.75 Å². The molecular weight excluding hydrogens is 192 g/mol. The van der Waals surface area contributed by atoms with Crippen LogP contribution in [-0.4, -0.2) is 23.4 Å². The van der Waals surface area contributed by atoms with E-state index in [2.05, 4.69) is 0 Å². The van der Waals surface area contributed by atoms with Crippen molar-refractivity contribution < 1.29 is 14.9 Å². The molecular formula is C12H18O3. The summed E-state index contributed by atoms with van der Waals surface area (Å²) in [5.74, 6) is 0.766. The molecule has 1 aromatic rings. The summed E-state index contributed by atoms with van der Waals surface area (Å²) in [4.78, 5) is 0. The van der Waals surface area contributed by atoms with Crippen molar-refractivity contribution in [1.29, 1.82) is 0 Å². The van der Waals surface area contributed by atoms with Gasteiger partial charge in [0.15, 0.2) is 0 Å². The van der Waals surface area contributed by atoms with E-state index < -0.39 is 12.2 Å². The number of hydrogen-bond donors (Lipinski definition) is 2. The zero-order chi connectivity index (χ0) is 11.3. The SMILES string of the molecule is CCC(O)CC(O)c1ccc(OC)cc1. The molecule has 0 aliphatic heterocycles. The van der Waals surface area contributed by atoms with Gasteiger partial charge in [0.1, 0.15) is 5.75 Å². The van der Waals surface area contributed by atoms with Crippen LogP contribution in [0.3, 0.4) is 0 Å². The summed E-state index contributed by atoms with van der Waals surface area (Å²) in [5.41, 5.74) is 0.809. The van der Waals surface area contributed by atoms with Crippen molar-refractivity contribution in [3.05, 3.63) is 29.8 Å². The van der Waals surface area contributed by atoms with Crippen molar-refractivity contribution in [2.45, 2.75) is 32.0 Å². The molecule has 0 spiro atoms. The van der Waals surface area contributed by atoms with Crippen molar-refractivity contribution in [3.8, 4) is 5.75 Å². The lowest BCUT2D eigenvalue weighted by Gasteiger charge is -2.14. The molecule has 3 heteroatoms. The average Bonchev–Trinajstić information content (AvgIpc) is 2.29. The van der Waals surface area contributed by atoms with E-state index >= 15 is 0 Å². The van der Waals surface area contributed by atoms with E-state index in [4.69, 9.17) is 4.74 Å². The molecule has 0 saturated heterocycles. The molecule has 2 atom stereocenters. The minimum absolute atomic E-state index is 0.378. The molecule has 0 aromatic heterocycles. The molecule has 0 bridgehead atoms. The van der Waals surface area contributed by atoms with Gasteiger partial charge in [-0.3, -0.25) is 0 Å². The predicted molar refractivity (Wildman–Crippen MR) is 58.9 cm³/mol. The van der Waals surface area contributed by atoms with Gasteiger partial charge in [-0.15, -0.1) is 0 Å². The highest BCUT2D eigenvalue weighted by molar-refractivity contribution is 5.28. The first-order valence-corrected chi connectivity index (χ1v) is 5.17. The van der Waals surface area contributed by atoms with Crippen LogP contribution in [0, 0.1) is 0 Å². The molecule has 15 heavy (non-hydrogen) atoms. The molecule has 84 valence electrons. The predicted octanol–water partition coefficient (Wildman–Crippen LogP) is 1.89. The quantitative estimate of drug-likeness (QED) is 0.780. The van der Waals surface area contributed by atoms with Gasteiger partial charge in [-0.1, -0.05) is 19.1 Å². The Bertz CT molecular complexity index is 281. The summed E-state index contributed by atoms with van der Waals surface area (Å²) in [6, 6.07) is 7.23. The van der Waals surface area contributed by atoms with Crippen LogP contribution < -0.4 is 4.74 Å². The molecule has 0 amide bonds. The number of ether oxygens (including phenoxy) is 1. The summed E-state index contributed by atoms with van der Waals surface area (Å²) < 4.78 is 5.02. The van der Waals surface area contributed by atoms with Gasteiger partial charge >= 0.3 is 0 Å². The highest BCUT2D eigenvalue weighted by Crippen LogP contribution is 2.21. The van der Waals surface area contributed by atoms with Crippen molar-refractivity contribution in [3.63, 3.8) is 0 Å². The third kappa shape index (κ3) is 3.53. The van der Waals surface area contributed by atoms with E-state index in [1.165, 1.54) is 0 Å². The van der Waals surface area contributed by atoms with E-state index in [9.17, 15) is 10.2 Å². The van der Waals surface area contributed by atoms with Crippen LogP contribution in [0.25, 0.3) is 0 Å². The Kier molecular flexibility index (Phi) is 4.59. The highest BCUT2D eigenvalue weighted by atomic mass is 16.5. The Labute approximate surface area is 90.3 Å². The maximum Gasteiger partial charge on any atom is 0.118 e. The molecule has 1 aromatic carbocycles. The fraction of sp³-hybridized carbons (Fsp3) is 0.500. The van der Waals surface area contributed by atoms with E-state index in [-0.39, 0.29) is 0 Å². The van der Waals surface area contributed by atoms with Gasteiger partial charge in [0.05, 0.1) is 19.3 Å². The van der Waals surface area contributed by atoms with Gasteiger partial charge in [0, 0.05) is 6.42 Å². The zero-order valence-corrected chi connectivity index (χ0v) is 9.18. The molecule has 3 nitrogen and oxygen atoms in total. The molecule has 0 aliphatic carbocycles. The van der Waals surface area contributed by atoms with Crippen LogP contribution in [0.4, 0.5) is 0 Å². The Balaban J connectivity index is 2.61. The summed E-state index contributed by atoms with van der Waals surface area (Å²) in [7, 11) is 1.60. The first-order chi connectivity index (χ1) is 7.17. The number of rotatable bonds is 5. The molecule has 0 radical (unpaired) electrons. The fourth-order valence-electron chi connectivity index (χ4n) is 1.39. The lowest BCUT2D eigenvalue weighted by Crippen LogP contribution is -2.10. The number of methoxy groups -OCH3 is 1. The second-order valence-electron chi connectivity index (χ2n) is 3.59. The Hall–Kier alpha value is -1.06. The number of benzene rings is 1. The fourth-order valence-corrected chi connectivity index (χ4v) is 1.39. The largest absolute Gasteiger partial charge is 0.497 e. The second-order valence-corrected chi connectivity index (χ2v) is 3.59. The molecule has 1 rings (SSSR count). The topological polar surface area (TPSA) is 49.7 Å². The van der Waals surface area contributed by atoms with Gasteiger partial charge in [-0.2, -0.15) is 0 Å². The second kappa shape index (κ2) is 5.73. The first-order valence-electron chi connectivity index (χ1n) is 5.17. The van der Waals surface area contributed by atoms with Gasteiger partial charge in [0.2, 0.25) is 0 Å². The van der Waals surface area contributed by atoms with Gasteiger partial charge in [0.25, 0.3) is 0 Å².